The molecule has 0 spiro atoms. The lowest BCUT2D eigenvalue weighted by Gasteiger charge is -2.37. The first kappa shape index (κ1) is 17.7. The van der Waals surface area contributed by atoms with Crippen LogP contribution >= 0.6 is 11.6 Å². The van der Waals surface area contributed by atoms with E-state index in [1.54, 1.807) is 0 Å². The van der Waals surface area contributed by atoms with E-state index in [0.717, 1.165) is 41.6 Å². The Labute approximate surface area is 162 Å². The molecular weight excluding hydrogens is 366 g/mol. The zero-order chi connectivity index (χ0) is 19.0. The number of aromatic nitrogens is 2. The van der Waals surface area contributed by atoms with Crippen LogP contribution < -0.4 is 15.5 Å². The number of piperazine rings is 1. The highest BCUT2D eigenvalue weighted by Crippen LogP contribution is 2.28. The summed E-state index contributed by atoms with van der Waals surface area (Å²) in [7, 11) is 0. The molecule has 0 bridgehead atoms. The standard InChI is InChI=1S/C18H22ClN7O/c1-11(2)22-14-7-12(3-4-13(14)8-20)17-23-18(24-27-17)25-5-6-26-15(19)9-21-16(26)10-25/h3-4,7-9,11,16,20-22H,5-6,10H2,1-2H3. The monoisotopic (exact) mass is 387 g/mol. The molecule has 3 heterocycles. The highest BCUT2D eigenvalue weighted by atomic mass is 35.5. The van der Waals surface area contributed by atoms with Crippen molar-refractivity contribution in [1.82, 2.24) is 20.4 Å². The molecule has 1 fully saturated rings. The minimum Gasteiger partial charge on any atom is -0.382 e. The third-order valence-corrected chi connectivity index (χ3v) is 4.97. The van der Waals surface area contributed by atoms with Crippen LogP contribution in [0.1, 0.15) is 19.4 Å². The van der Waals surface area contributed by atoms with Crippen molar-refractivity contribution in [2.45, 2.75) is 26.1 Å². The Kier molecular flexibility index (Phi) is 4.65. The van der Waals surface area contributed by atoms with Crippen molar-refractivity contribution in [3.05, 3.63) is 35.1 Å². The smallest absolute Gasteiger partial charge is 0.266 e. The SMILES string of the molecule is CC(C)Nc1cc(-c2nc(N3CCN4C(Cl)=CNC4C3)no2)ccc1C=N. The molecule has 1 atom stereocenters. The van der Waals surface area contributed by atoms with E-state index in [4.69, 9.17) is 21.5 Å². The number of rotatable bonds is 5. The highest BCUT2D eigenvalue weighted by Gasteiger charge is 2.32. The van der Waals surface area contributed by atoms with Gasteiger partial charge >= 0.3 is 0 Å². The molecule has 142 valence electrons. The van der Waals surface area contributed by atoms with E-state index in [1.807, 2.05) is 24.4 Å². The second kappa shape index (κ2) is 7.11. The first-order chi connectivity index (χ1) is 13.0. The maximum absolute atomic E-state index is 7.57. The summed E-state index contributed by atoms with van der Waals surface area (Å²) in [5.74, 6) is 1.04. The summed E-state index contributed by atoms with van der Waals surface area (Å²) in [6, 6.07) is 5.97. The van der Waals surface area contributed by atoms with E-state index in [-0.39, 0.29) is 12.2 Å². The van der Waals surface area contributed by atoms with Crippen molar-refractivity contribution in [1.29, 1.82) is 5.41 Å². The van der Waals surface area contributed by atoms with Gasteiger partial charge in [0.2, 0.25) is 0 Å². The zero-order valence-corrected chi connectivity index (χ0v) is 16.0. The van der Waals surface area contributed by atoms with Crippen molar-refractivity contribution < 1.29 is 4.52 Å². The quantitative estimate of drug-likeness (QED) is 0.536. The molecule has 0 aliphatic carbocycles. The fourth-order valence-electron chi connectivity index (χ4n) is 3.32. The Morgan fingerprint density at radius 1 is 1.41 bits per heavy atom. The third kappa shape index (κ3) is 3.44. The van der Waals surface area contributed by atoms with Crippen molar-refractivity contribution in [3.8, 4) is 11.5 Å². The van der Waals surface area contributed by atoms with E-state index in [1.165, 1.54) is 6.21 Å². The third-order valence-electron chi connectivity index (χ3n) is 4.65. The lowest BCUT2D eigenvalue weighted by molar-refractivity contribution is 0.243. The van der Waals surface area contributed by atoms with E-state index in [2.05, 4.69) is 44.4 Å². The van der Waals surface area contributed by atoms with E-state index in [0.29, 0.717) is 11.8 Å². The van der Waals surface area contributed by atoms with Crippen LogP contribution in [0.4, 0.5) is 11.6 Å². The summed E-state index contributed by atoms with van der Waals surface area (Å²) in [4.78, 5) is 8.79. The van der Waals surface area contributed by atoms with Crippen molar-refractivity contribution in [2.75, 3.05) is 29.9 Å². The number of hydrogen-bond donors (Lipinski definition) is 3. The van der Waals surface area contributed by atoms with E-state index >= 15 is 0 Å². The zero-order valence-electron chi connectivity index (χ0n) is 15.2. The topological polar surface area (TPSA) is 93.3 Å². The van der Waals surface area contributed by atoms with Crippen LogP contribution in [-0.4, -0.2) is 53.1 Å². The molecule has 2 aliphatic heterocycles. The fraction of sp³-hybridized carbons (Fsp3) is 0.389. The average molecular weight is 388 g/mol. The molecule has 0 amide bonds. The maximum Gasteiger partial charge on any atom is 0.266 e. The van der Waals surface area contributed by atoms with Gasteiger partial charge in [-0.3, -0.25) is 0 Å². The summed E-state index contributed by atoms with van der Waals surface area (Å²) in [5, 5.41) is 19.1. The summed E-state index contributed by atoms with van der Waals surface area (Å²) in [6.45, 7) is 6.41. The van der Waals surface area contributed by atoms with Crippen LogP contribution in [0.2, 0.25) is 0 Å². The average Bonchev–Trinajstić information content (AvgIpc) is 3.28. The van der Waals surface area contributed by atoms with E-state index < -0.39 is 0 Å². The van der Waals surface area contributed by atoms with Crippen molar-refractivity contribution in [2.24, 2.45) is 0 Å². The molecule has 1 saturated heterocycles. The molecule has 27 heavy (non-hydrogen) atoms. The van der Waals surface area contributed by atoms with Gasteiger partial charge in [-0.05, 0) is 31.1 Å². The molecule has 1 unspecified atom stereocenters. The molecule has 8 nitrogen and oxygen atoms in total. The number of anilines is 2. The van der Waals surface area contributed by atoms with Crippen LogP contribution in [0.15, 0.2) is 34.1 Å². The first-order valence-corrected chi connectivity index (χ1v) is 9.31. The molecule has 3 N–H and O–H groups in total. The predicted molar refractivity (Wildman–Crippen MR) is 106 cm³/mol. The van der Waals surface area contributed by atoms with Gasteiger partial charge in [0, 0.05) is 48.4 Å². The predicted octanol–water partition coefficient (Wildman–Crippen LogP) is 2.64. The number of fused-ring (bicyclic) bond motifs is 1. The van der Waals surface area contributed by atoms with Gasteiger partial charge in [0.05, 0.1) is 6.54 Å². The Balaban J connectivity index is 1.54. The minimum absolute atomic E-state index is 0.127. The fourth-order valence-corrected chi connectivity index (χ4v) is 3.59. The lowest BCUT2D eigenvalue weighted by atomic mass is 10.1. The van der Waals surface area contributed by atoms with Gasteiger partial charge in [0.25, 0.3) is 11.8 Å². The number of nitrogens with zero attached hydrogens (tertiary/aromatic N) is 4. The minimum atomic E-state index is 0.127. The Bertz CT molecular complexity index is 878. The van der Waals surface area contributed by atoms with Gasteiger partial charge in [-0.25, -0.2) is 0 Å². The lowest BCUT2D eigenvalue weighted by Crippen LogP contribution is -2.54. The maximum atomic E-state index is 7.57. The van der Waals surface area contributed by atoms with Crippen LogP contribution in [0.25, 0.3) is 11.5 Å². The van der Waals surface area contributed by atoms with Gasteiger partial charge < -0.3 is 30.4 Å². The molecule has 9 heteroatoms. The number of hydrogen-bond acceptors (Lipinski definition) is 8. The Hall–Kier alpha value is -2.74. The van der Waals surface area contributed by atoms with Gasteiger partial charge in [-0.2, -0.15) is 4.98 Å². The second-order valence-electron chi connectivity index (χ2n) is 6.93. The van der Waals surface area contributed by atoms with E-state index in [9.17, 15) is 0 Å². The highest BCUT2D eigenvalue weighted by molar-refractivity contribution is 6.29. The molecule has 4 rings (SSSR count). The molecule has 0 radical (unpaired) electrons. The van der Waals surface area contributed by atoms with Gasteiger partial charge in [0.15, 0.2) is 0 Å². The normalized spacial score (nSPS) is 19.0. The van der Waals surface area contributed by atoms with Crippen molar-refractivity contribution >= 4 is 29.5 Å². The summed E-state index contributed by atoms with van der Waals surface area (Å²) in [5.41, 5.74) is 2.52. The number of benzene rings is 1. The first-order valence-electron chi connectivity index (χ1n) is 8.93. The van der Waals surface area contributed by atoms with Gasteiger partial charge in [-0.15, -0.1) is 0 Å². The Morgan fingerprint density at radius 3 is 3.04 bits per heavy atom. The van der Waals surface area contributed by atoms with Gasteiger partial charge in [0.1, 0.15) is 11.3 Å². The summed E-state index contributed by atoms with van der Waals surface area (Å²) >= 11 is 6.17. The number of nitrogens with one attached hydrogen (secondary N) is 3. The summed E-state index contributed by atoms with van der Waals surface area (Å²) < 4.78 is 5.51. The number of halogens is 1. The molecule has 1 aromatic heterocycles. The summed E-state index contributed by atoms with van der Waals surface area (Å²) in [6.07, 6.45) is 3.29. The van der Waals surface area contributed by atoms with Crippen LogP contribution in [0.5, 0.6) is 0 Å². The molecular formula is C18H22ClN7O. The van der Waals surface area contributed by atoms with Crippen LogP contribution in [-0.2, 0) is 0 Å². The molecule has 2 aliphatic rings. The molecule has 1 aromatic carbocycles. The van der Waals surface area contributed by atoms with Crippen LogP contribution in [0.3, 0.4) is 0 Å². The largest absolute Gasteiger partial charge is 0.382 e. The van der Waals surface area contributed by atoms with Crippen molar-refractivity contribution in [3.63, 3.8) is 0 Å². The molecule has 0 saturated carbocycles. The molecule has 2 aromatic rings. The Morgan fingerprint density at radius 2 is 2.26 bits per heavy atom. The second-order valence-corrected chi connectivity index (χ2v) is 7.32. The van der Waals surface area contributed by atoms with Crippen LogP contribution in [0, 0.1) is 5.41 Å². The van der Waals surface area contributed by atoms with Gasteiger partial charge in [-0.1, -0.05) is 17.7 Å².